The molecule has 50 heavy (non-hydrogen) atoms. The van der Waals surface area contributed by atoms with Gasteiger partial charge >= 0.3 is 17.2 Å². The molecule has 0 amide bonds. The predicted octanol–water partition coefficient (Wildman–Crippen LogP) is 8.25. The summed E-state index contributed by atoms with van der Waals surface area (Å²) in [5.41, 5.74) is 3.96. The van der Waals surface area contributed by atoms with E-state index in [9.17, 15) is 9.00 Å². The number of methoxy groups -OCH3 is 2. The average Bonchev–Trinajstić information content (AvgIpc) is 3.67. The molecule has 1 fully saturated rings. The Morgan fingerprint density at radius 2 is 1.56 bits per heavy atom. The number of rotatable bonds is 11. The number of hydrogen-bond acceptors (Lipinski definition) is 8. The summed E-state index contributed by atoms with van der Waals surface area (Å²) in [5.74, 6) is 2.59. The van der Waals surface area contributed by atoms with Gasteiger partial charge in [0.05, 0.1) is 26.5 Å². The number of aromatic nitrogens is 3. The van der Waals surface area contributed by atoms with Gasteiger partial charge < -0.3 is 23.7 Å². The molecule has 3 N–H and O–H groups in total. The van der Waals surface area contributed by atoms with Crippen molar-refractivity contribution in [3.63, 3.8) is 0 Å². The van der Waals surface area contributed by atoms with Crippen molar-refractivity contribution in [2.24, 2.45) is 17.8 Å². The van der Waals surface area contributed by atoms with E-state index in [0.717, 1.165) is 29.8 Å². The number of aromatic amines is 1. The quantitative estimate of drug-likeness (QED) is 0.0929. The summed E-state index contributed by atoms with van der Waals surface area (Å²) < 4.78 is 40.0. The van der Waals surface area contributed by atoms with Gasteiger partial charge in [0.25, 0.3) is 0 Å². The lowest BCUT2D eigenvalue weighted by Gasteiger charge is -2.37. The van der Waals surface area contributed by atoms with Crippen molar-refractivity contribution in [1.82, 2.24) is 14.6 Å². The molecule has 3 atom stereocenters. The summed E-state index contributed by atoms with van der Waals surface area (Å²) >= 11 is -1.96. The summed E-state index contributed by atoms with van der Waals surface area (Å²) in [6, 6.07) is 17.9. The van der Waals surface area contributed by atoms with Crippen LogP contribution in [-0.4, -0.2) is 45.1 Å². The van der Waals surface area contributed by atoms with Crippen LogP contribution in [0.25, 0.3) is 21.9 Å². The van der Waals surface area contributed by atoms with Gasteiger partial charge in [0.2, 0.25) is 5.69 Å². The standard InChI is InChI=1S/C37H40N6O6S/c1-21-16-22(2)34(23(3)17-21)48-37(44)33-32(38-5)20-43-36(33)40-35(41-43)25-18-30(39-26-8-10-27(46-6)11-9-26)24(4)31(19-25)42-50(45)49-29-14-12-28(47-7)13-15-29/h8-15,18-23,34,39,42H,16-17H2,1-4,6-7H3,(H,40,41). The third kappa shape index (κ3) is 7.25. The van der Waals surface area contributed by atoms with Gasteiger partial charge in [-0.2, -0.15) is 4.21 Å². The Balaban J connectivity index is 1.35. The van der Waals surface area contributed by atoms with E-state index in [-0.39, 0.29) is 34.8 Å². The molecule has 2 aromatic heterocycles. The van der Waals surface area contributed by atoms with E-state index >= 15 is 0 Å². The van der Waals surface area contributed by atoms with Crippen LogP contribution in [0.5, 0.6) is 17.2 Å². The maximum absolute atomic E-state index is 13.7. The Morgan fingerprint density at radius 1 is 0.960 bits per heavy atom. The molecule has 0 bridgehead atoms. The SMILES string of the molecule is [C-]#[N+]c1cn2[nH]c(-c3cc(Nc4ccc(OC)cc4)c(C)c(NS(=O)Oc4ccc(OC)cc4)c3)nc2c1C(=O)OC1C(C)CC(C)CC1C. The number of carbonyl (C=O) groups is 1. The molecule has 0 radical (unpaired) electrons. The smallest absolute Gasteiger partial charge is 0.331 e. The monoisotopic (exact) mass is 696 g/mol. The van der Waals surface area contributed by atoms with E-state index in [0.29, 0.717) is 40.2 Å². The van der Waals surface area contributed by atoms with Crippen LogP contribution in [0.4, 0.5) is 22.7 Å². The fourth-order valence-electron chi connectivity index (χ4n) is 6.69. The lowest BCUT2D eigenvalue weighted by Crippen LogP contribution is -2.37. The van der Waals surface area contributed by atoms with Gasteiger partial charge in [-0.3, -0.25) is 14.3 Å². The molecule has 1 aliphatic rings. The first-order chi connectivity index (χ1) is 24.1. The number of ether oxygens (including phenoxy) is 3. The van der Waals surface area contributed by atoms with Crippen molar-refractivity contribution >= 4 is 45.6 Å². The maximum Gasteiger partial charge on any atom is 0.331 e. The fraction of sp³-hybridized carbons (Fsp3) is 0.324. The predicted molar refractivity (Wildman–Crippen MR) is 194 cm³/mol. The number of fused-ring (bicyclic) bond motifs is 1. The molecule has 12 nitrogen and oxygen atoms in total. The average molecular weight is 697 g/mol. The summed E-state index contributed by atoms with van der Waals surface area (Å²) in [4.78, 5) is 22.1. The fourth-order valence-corrected chi connectivity index (χ4v) is 7.41. The Morgan fingerprint density at radius 3 is 2.18 bits per heavy atom. The molecule has 1 saturated carbocycles. The van der Waals surface area contributed by atoms with Gasteiger partial charge in [-0.25, -0.2) is 14.6 Å². The zero-order chi connectivity index (χ0) is 35.5. The van der Waals surface area contributed by atoms with Gasteiger partial charge in [-0.05, 0) is 104 Å². The van der Waals surface area contributed by atoms with Crippen LogP contribution in [0.2, 0.25) is 0 Å². The van der Waals surface area contributed by atoms with Crippen LogP contribution < -0.4 is 23.7 Å². The highest BCUT2D eigenvalue weighted by molar-refractivity contribution is 7.82. The lowest BCUT2D eigenvalue weighted by atomic mass is 9.75. The van der Waals surface area contributed by atoms with Gasteiger partial charge in [-0.1, -0.05) is 20.8 Å². The maximum atomic E-state index is 13.7. The van der Waals surface area contributed by atoms with Crippen molar-refractivity contribution in [2.75, 3.05) is 24.3 Å². The highest BCUT2D eigenvalue weighted by Crippen LogP contribution is 2.38. The minimum atomic E-state index is -1.96. The molecular weight excluding hydrogens is 657 g/mol. The van der Waals surface area contributed by atoms with Crippen molar-refractivity contribution in [1.29, 1.82) is 0 Å². The van der Waals surface area contributed by atoms with Crippen molar-refractivity contribution in [3.8, 4) is 28.6 Å². The van der Waals surface area contributed by atoms with Gasteiger partial charge in [-0.15, -0.1) is 0 Å². The molecule has 3 aromatic carbocycles. The lowest BCUT2D eigenvalue weighted by molar-refractivity contribution is -0.0249. The summed E-state index contributed by atoms with van der Waals surface area (Å²) in [6.45, 7) is 16.1. The number of benzene rings is 3. The second kappa shape index (κ2) is 14.6. The molecule has 260 valence electrons. The van der Waals surface area contributed by atoms with Crippen LogP contribution in [0.3, 0.4) is 0 Å². The Labute approximate surface area is 293 Å². The molecule has 6 rings (SSSR count). The summed E-state index contributed by atoms with van der Waals surface area (Å²) in [7, 11) is 3.18. The third-order valence-electron chi connectivity index (χ3n) is 9.12. The number of anilines is 3. The van der Waals surface area contributed by atoms with Gasteiger partial charge in [0, 0.05) is 23.1 Å². The van der Waals surface area contributed by atoms with Gasteiger partial charge in [0.1, 0.15) is 28.9 Å². The number of nitrogens with one attached hydrogen (secondary N) is 3. The van der Waals surface area contributed by atoms with Crippen LogP contribution in [0, 0.1) is 31.2 Å². The van der Waals surface area contributed by atoms with Crippen molar-refractivity contribution in [2.45, 2.75) is 46.6 Å². The van der Waals surface area contributed by atoms with E-state index in [2.05, 4.69) is 40.8 Å². The minimum absolute atomic E-state index is 0.122. The zero-order valence-electron chi connectivity index (χ0n) is 28.8. The first-order valence-corrected chi connectivity index (χ1v) is 17.4. The second-order valence-electron chi connectivity index (χ2n) is 12.8. The first kappa shape index (κ1) is 34.4. The molecular formula is C37H40N6O6S. The number of carbonyl (C=O) groups excluding carboxylic acids is 1. The molecule has 0 spiro atoms. The molecule has 2 heterocycles. The molecule has 3 unspecified atom stereocenters. The minimum Gasteiger partial charge on any atom is -0.497 e. The molecule has 0 aliphatic heterocycles. The zero-order valence-corrected chi connectivity index (χ0v) is 29.6. The van der Waals surface area contributed by atoms with Crippen LogP contribution >= 0.6 is 0 Å². The molecule has 1 aliphatic carbocycles. The number of esters is 1. The first-order valence-electron chi connectivity index (χ1n) is 16.3. The van der Waals surface area contributed by atoms with E-state index in [4.69, 9.17) is 29.9 Å². The molecule has 5 aromatic rings. The number of H-pyrrole nitrogens is 1. The summed E-state index contributed by atoms with van der Waals surface area (Å²) in [5, 5.41) is 6.64. The van der Waals surface area contributed by atoms with Crippen molar-refractivity contribution in [3.05, 3.63) is 89.4 Å². The van der Waals surface area contributed by atoms with Crippen LogP contribution in [0.1, 0.15) is 49.5 Å². The van der Waals surface area contributed by atoms with Crippen LogP contribution in [-0.2, 0) is 16.0 Å². The topological polar surface area (TPSA) is 133 Å². The van der Waals surface area contributed by atoms with Gasteiger partial charge in [0.15, 0.2) is 11.5 Å². The number of nitrogens with zero attached hydrogens (tertiary/aromatic N) is 3. The highest BCUT2D eigenvalue weighted by Gasteiger charge is 2.35. The van der Waals surface area contributed by atoms with Crippen molar-refractivity contribution < 1.29 is 27.4 Å². The Kier molecular flexibility index (Phi) is 10.0. The summed E-state index contributed by atoms with van der Waals surface area (Å²) in [6.07, 6.45) is 3.25. The third-order valence-corrected chi connectivity index (χ3v) is 9.85. The Hall–Kier alpha value is -5.48. The largest absolute Gasteiger partial charge is 0.497 e. The molecule has 13 heteroatoms. The van der Waals surface area contributed by atoms with E-state index in [1.807, 2.05) is 37.3 Å². The second-order valence-corrected chi connectivity index (χ2v) is 13.7. The Bertz CT molecular complexity index is 2060. The van der Waals surface area contributed by atoms with Crippen LogP contribution in [0.15, 0.2) is 66.9 Å². The molecule has 0 saturated heterocycles. The number of hydrogen-bond donors (Lipinski definition) is 3. The highest BCUT2D eigenvalue weighted by atomic mass is 32.2. The van der Waals surface area contributed by atoms with E-state index in [1.165, 1.54) is 0 Å². The van der Waals surface area contributed by atoms with E-state index in [1.54, 1.807) is 55.3 Å². The van der Waals surface area contributed by atoms with E-state index < -0.39 is 17.2 Å². The normalized spacial score (nSPS) is 19.3.